The van der Waals surface area contributed by atoms with Crippen molar-refractivity contribution >= 4 is 5.78 Å². The highest BCUT2D eigenvalue weighted by atomic mass is 16.3. The average Bonchev–Trinajstić information content (AvgIpc) is 3.06. The lowest BCUT2D eigenvalue weighted by Crippen LogP contribution is -2.51. The van der Waals surface area contributed by atoms with Crippen LogP contribution in [0, 0.1) is 40.4 Å². The van der Waals surface area contributed by atoms with Gasteiger partial charge in [0.25, 0.3) is 0 Å². The number of carbonyl (C=O) groups is 1. The highest BCUT2D eigenvalue weighted by Gasteiger charge is 2.59. The number of hydrogen-bond donors (Lipinski definition) is 1. The lowest BCUT2D eigenvalue weighted by atomic mass is 9.47. The molecule has 5 aliphatic rings. The summed E-state index contributed by atoms with van der Waals surface area (Å²) in [4.78, 5) is 14.4. The molecule has 0 bridgehead atoms. The molecule has 0 aromatic heterocycles. The summed E-state index contributed by atoms with van der Waals surface area (Å²) in [6.45, 7) is 10.6. The predicted octanol–water partition coefficient (Wildman–Crippen LogP) is 5.23. The highest BCUT2D eigenvalue weighted by Crippen LogP contribution is 2.67. The molecule has 3 saturated carbocycles. The van der Waals surface area contributed by atoms with Crippen molar-refractivity contribution in [3.8, 4) is 0 Å². The number of rotatable bonds is 3. The average molecular weight is 414 g/mol. The van der Waals surface area contributed by atoms with Crippen LogP contribution in [0.4, 0.5) is 0 Å². The maximum Gasteiger partial charge on any atom is 0.146 e. The van der Waals surface area contributed by atoms with Crippen molar-refractivity contribution in [2.45, 2.75) is 91.1 Å². The SMILES string of the molecule is C[C@H](CN1CCCC(=O)C1)[C@H]1CCC2C3CC=C4C[C@@H](O)CC[C@]4(C)C3CC[C@@]21C. The van der Waals surface area contributed by atoms with Crippen LogP contribution in [-0.2, 0) is 4.79 Å². The zero-order valence-electron chi connectivity index (χ0n) is 19.5. The highest BCUT2D eigenvalue weighted by molar-refractivity contribution is 5.81. The van der Waals surface area contributed by atoms with E-state index >= 15 is 0 Å². The second-order valence-corrected chi connectivity index (χ2v) is 12.2. The monoisotopic (exact) mass is 413 g/mol. The number of fused-ring (bicyclic) bond motifs is 5. The van der Waals surface area contributed by atoms with Crippen molar-refractivity contribution in [3.05, 3.63) is 11.6 Å². The molecule has 0 amide bonds. The molecular formula is C27H43NO2. The molecule has 0 radical (unpaired) electrons. The molecule has 3 unspecified atom stereocenters. The zero-order chi connectivity index (χ0) is 21.1. The zero-order valence-corrected chi connectivity index (χ0v) is 19.5. The van der Waals surface area contributed by atoms with E-state index in [1.54, 1.807) is 5.57 Å². The van der Waals surface area contributed by atoms with Gasteiger partial charge in [-0.3, -0.25) is 9.69 Å². The van der Waals surface area contributed by atoms with Crippen molar-refractivity contribution in [3.63, 3.8) is 0 Å². The Bertz CT molecular complexity index is 716. The summed E-state index contributed by atoms with van der Waals surface area (Å²) in [5.41, 5.74) is 2.42. The van der Waals surface area contributed by atoms with Crippen LogP contribution in [0.5, 0.6) is 0 Å². The Hall–Kier alpha value is -0.670. The molecule has 8 atom stereocenters. The minimum Gasteiger partial charge on any atom is -0.393 e. The van der Waals surface area contributed by atoms with Crippen LogP contribution >= 0.6 is 0 Å². The number of aliphatic hydroxyl groups excluding tert-OH is 1. The van der Waals surface area contributed by atoms with Gasteiger partial charge in [-0.2, -0.15) is 0 Å². The fraction of sp³-hybridized carbons (Fsp3) is 0.889. The van der Waals surface area contributed by atoms with Crippen LogP contribution in [0.3, 0.4) is 0 Å². The van der Waals surface area contributed by atoms with E-state index in [1.807, 2.05) is 0 Å². The topological polar surface area (TPSA) is 40.5 Å². The molecule has 1 aliphatic heterocycles. The Morgan fingerprint density at radius 2 is 2.00 bits per heavy atom. The van der Waals surface area contributed by atoms with Gasteiger partial charge in [0.2, 0.25) is 0 Å². The van der Waals surface area contributed by atoms with E-state index in [4.69, 9.17) is 0 Å². The van der Waals surface area contributed by atoms with Crippen molar-refractivity contribution in [1.29, 1.82) is 0 Å². The minimum atomic E-state index is -0.104. The van der Waals surface area contributed by atoms with Gasteiger partial charge in [0.05, 0.1) is 12.6 Å². The smallest absolute Gasteiger partial charge is 0.146 e. The molecule has 168 valence electrons. The number of allylic oxidation sites excluding steroid dienone is 1. The molecule has 4 fully saturated rings. The summed E-state index contributed by atoms with van der Waals surface area (Å²) in [6.07, 6.45) is 14.2. The summed E-state index contributed by atoms with van der Waals surface area (Å²) in [5, 5.41) is 10.2. The maximum absolute atomic E-state index is 11.9. The maximum atomic E-state index is 11.9. The van der Waals surface area contributed by atoms with Crippen molar-refractivity contribution < 1.29 is 9.90 Å². The van der Waals surface area contributed by atoms with Gasteiger partial charge in [-0.15, -0.1) is 0 Å². The number of ketones is 1. The van der Waals surface area contributed by atoms with Crippen LogP contribution in [0.1, 0.15) is 85.0 Å². The minimum absolute atomic E-state index is 0.104. The number of nitrogens with zero attached hydrogens (tertiary/aromatic N) is 1. The second-order valence-electron chi connectivity index (χ2n) is 12.2. The van der Waals surface area contributed by atoms with Crippen LogP contribution in [-0.4, -0.2) is 41.5 Å². The normalized spacial score (nSPS) is 47.8. The third-order valence-corrected chi connectivity index (χ3v) is 10.7. The van der Waals surface area contributed by atoms with Gasteiger partial charge < -0.3 is 5.11 Å². The van der Waals surface area contributed by atoms with E-state index < -0.39 is 0 Å². The van der Waals surface area contributed by atoms with E-state index in [-0.39, 0.29) is 6.10 Å². The first-order valence-electron chi connectivity index (χ1n) is 12.9. The number of aliphatic hydroxyl groups is 1. The first-order valence-corrected chi connectivity index (χ1v) is 12.9. The Morgan fingerprint density at radius 3 is 2.80 bits per heavy atom. The molecule has 0 aromatic rings. The fourth-order valence-electron chi connectivity index (χ4n) is 9.21. The molecule has 0 spiro atoms. The number of likely N-dealkylation sites (tertiary alicyclic amines) is 1. The third kappa shape index (κ3) is 3.34. The lowest BCUT2D eigenvalue weighted by molar-refractivity contribution is -0.122. The van der Waals surface area contributed by atoms with Crippen molar-refractivity contribution in [2.24, 2.45) is 40.4 Å². The van der Waals surface area contributed by atoms with E-state index in [9.17, 15) is 9.90 Å². The van der Waals surface area contributed by atoms with Gasteiger partial charge in [-0.05, 0) is 105 Å². The van der Waals surface area contributed by atoms with Gasteiger partial charge in [0.1, 0.15) is 5.78 Å². The second kappa shape index (κ2) is 7.73. The van der Waals surface area contributed by atoms with E-state index in [1.165, 1.54) is 38.5 Å². The molecule has 3 heteroatoms. The quantitative estimate of drug-likeness (QED) is 0.644. The molecule has 1 heterocycles. The number of hydrogen-bond acceptors (Lipinski definition) is 3. The fourth-order valence-corrected chi connectivity index (χ4v) is 9.21. The number of carbonyl (C=O) groups excluding carboxylic acids is 1. The molecular weight excluding hydrogens is 370 g/mol. The Labute approximate surface area is 183 Å². The third-order valence-electron chi connectivity index (χ3n) is 10.7. The molecule has 0 aromatic carbocycles. The van der Waals surface area contributed by atoms with Crippen LogP contribution in [0.15, 0.2) is 11.6 Å². The lowest BCUT2D eigenvalue weighted by Gasteiger charge is -2.58. The van der Waals surface area contributed by atoms with E-state index in [0.717, 1.165) is 62.4 Å². The summed E-state index contributed by atoms with van der Waals surface area (Å²) in [7, 11) is 0. The van der Waals surface area contributed by atoms with Gasteiger partial charge in [-0.1, -0.05) is 32.4 Å². The summed E-state index contributed by atoms with van der Waals surface area (Å²) in [6, 6.07) is 0. The van der Waals surface area contributed by atoms with Gasteiger partial charge >= 0.3 is 0 Å². The molecule has 4 aliphatic carbocycles. The first-order chi connectivity index (χ1) is 14.3. The Morgan fingerprint density at radius 1 is 1.17 bits per heavy atom. The largest absolute Gasteiger partial charge is 0.393 e. The van der Waals surface area contributed by atoms with Crippen molar-refractivity contribution in [2.75, 3.05) is 19.6 Å². The molecule has 1 N–H and O–H groups in total. The van der Waals surface area contributed by atoms with E-state index in [0.29, 0.717) is 29.1 Å². The number of piperidine rings is 1. The standard InChI is InChI=1S/C27H43NO2/c1-18(16-28-14-4-5-21(30)17-28)23-8-9-24-22-7-6-19-15-20(29)10-12-26(19,2)25(22)11-13-27(23,24)3/h6,18,20,22-25,29H,4-5,7-17H2,1-3H3/t18-,20+,22?,23-,24?,25?,26+,27-/m1/s1. The van der Waals surface area contributed by atoms with Crippen LogP contribution in [0.2, 0.25) is 0 Å². The molecule has 3 nitrogen and oxygen atoms in total. The van der Waals surface area contributed by atoms with Gasteiger partial charge in [0, 0.05) is 13.0 Å². The van der Waals surface area contributed by atoms with Crippen molar-refractivity contribution in [1.82, 2.24) is 4.90 Å². The van der Waals surface area contributed by atoms with Gasteiger partial charge in [0.15, 0.2) is 0 Å². The van der Waals surface area contributed by atoms with Crippen LogP contribution in [0.25, 0.3) is 0 Å². The molecule has 5 rings (SSSR count). The Balaban J connectivity index is 1.32. The number of Topliss-reactive ketones (excluding diaryl/α,β-unsaturated/α-hetero) is 1. The van der Waals surface area contributed by atoms with Gasteiger partial charge in [-0.25, -0.2) is 0 Å². The summed E-state index contributed by atoms with van der Waals surface area (Å²) < 4.78 is 0. The molecule has 30 heavy (non-hydrogen) atoms. The van der Waals surface area contributed by atoms with E-state index in [2.05, 4.69) is 31.7 Å². The van der Waals surface area contributed by atoms with Crippen LogP contribution < -0.4 is 0 Å². The molecule has 1 saturated heterocycles. The Kier molecular flexibility index (Phi) is 5.46. The predicted molar refractivity (Wildman–Crippen MR) is 121 cm³/mol. The summed E-state index contributed by atoms with van der Waals surface area (Å²) in [5.74, 6) is 4.50. The first kappa shape index (κ1) is 21.2. The summed E-state index contributed by atoms with van der Waals surface area (Å²) >= 11 is 0.